The first-order valence-corrected chi connectivity index (χ1v) is 12.0. The van der Waals surface area contributed by atoms with E-state index in [0.29, 0.717) is 5.02 Å². The highest BCUT2D eigenvalue weighted by Crippen LogP contribution is 2.25. The molecule has 0 aliphatic rings. The number of amides is 1. The zero-order valence-corrected chi connectivity index (χ0v) is 19.2. The van der Waals surface area contributed by atoms with Gasteiger partial charge in [0.25, 0.3) is 15.9 Å². The van der Waals surface area contributed by atoms with Gasteiger partial charge in [-0.05, 0) is 42.7 Å². The molecule has 1 amide bonds. The lowest BCUT2D eigenvalue weighted by atomic mass is 10.1. The molecule has 0 radical (unpaired) electrons. The molecule has 0 saturated heterocycles. The maximum absolute atomic E-state index is 12.6. The number of hydrogen-bond acceptors (Lipinski definition) is 6. The van der Waals surface area contributed by atoms with Crippen LogP contribution < -0.4 is 10.0 Å². The van der Waals surface area contributed by atoms with Gasteiger partial charge in [-0.2, -0.15) is 0 Å². The third-order valence-corrected chi connectivity index (χ3v) is 7.55. The van der Waals surface area contributed by atoms with Gasteiger partial charge in [0.2, 0.25) is 9.47 Å². The van der Waals surface area contributed by atoms with Crippen molar-refractivity contribution in [1.82, 2.24) is 14.9 Å². The van der Waals surface area contributed by atoms with Gasteiger partial charge < -0.3 is 0 Å². The van der Waals surface area contributed by atoms with Gasteiger partial charge in [0.15, 0.2) is 0 Å². The predicted octanol–water partition coefficient (Wildman–Crippen LogP) is 4.70. The standard InChI is InChI=1S/C19H18Cl2N4O3S2/c1-3-12-4-6-13(7-5-12)11(2)25-30(27,28)19-24-23-18(29-19)22-17(26)15-9-8-14(20)10-16(15)21/h4-11,25H,3H2,1-2H3,(H,22,23,26)/t11-/m1/s1. The number of sulfonamides is 1. The van der Waals surface area contributed by atoms with Gasteiger partial charge in [-0.1, -0.05) is 65.7 Å². The van der Waals surface area contributed by atoms with Crippen LogP contribution in [0.3, 0.4) is 0 Å². The molecule has 0 saturated carbocycles. The first-order chi connectivity index (χ1) is 14.2. The number of benzene rings is 2. The molecule has 3 rings (SSSR count). The fourth-order valence-corrected chi connectivity index (χ4v) is 5.24. The molecule has 2 N–H and O–H groups in total. The zero-order chi connectivity index (χ0) is 21.9. The highest BCUT2D eigenvalue weighted by molar-refractivity contribution is 7.91. The zero-order valence-electron chi connectivity index (χ0n) is 16.0. The minimum Gasteiger partial charge on any atom is -0.296 e. The van der Waals surface area contributed by atoms with Crippen LogP contribution in [0.25, 0.3) is 0 Å². The van der Waals surface area contributed by atoms with Crippen LogP contribution in [0.2, 0.25) is 10.0 Å². The topological polar surface area (TPSA) is 101 Å². The molecular weight excluding hydrogens is 467 g/mol. The molecule has 3 aromatic rings. The Morgan fingerprint density at radius 1 is 1.13 bits per heavy atom. The first-order valence-electron chi connectivity index (χ1n) is 8.90. The molecule has 0 spiro atoms. The van der Waals surface area contributed by atoms with Crippen molar-refractivity contribution in [2.45, 2.75) is 30.6 Å². The lowest BCUT2D eigenvalue weighted by molar-refractivity contribution is 0.102. The van der Waals surface area contributed by atoms with Crippen LogP contribution in [0.4, 0.5) is 5.13 Å². The van der Waals surface area contributed by atoms with Gasteiger partial charge >= 0.3 is 0 Å². The lowest BCUT2D eigenvalue weighted by Crippen LogP contribution is -2.26. The molecular formula is C19H18Cl2N4O3S2. The van der Waals surface area contributed by atoms with Crippen molar-refractivity contribution >= 4 is 55.6 Å². The average molecular weight is 485 g/mol. The molecule has 30 heavy (non-hydrogen) atoms. The maximum atomic E-state index is 12.6. The van der Waals surface area contributed by atoms with E-state index in [-0.39, 0.29) is 20.1 Å². The summed E-state index contributed by atoms with van der Waals surface area (Å²) < 4.78 is 27.6. The third-order valence-electron chi connectivity index (χ3n) is 4.25. The average Bonchev–Trinajstić information content (AvgIpc) is 3.17. The summed E-state index contributed by atoms with van der Waals surface area (Å²) in [6, 6.07) is 11.6. The Labute approximate surface area is 188 Å². The van der Waals surface area contributed by atoms with Crippen LogP contribution in [0, 0.1) is 0 Å². The number of nitrogens with one attached hydrogen (secondary N) is 2. The van der Waals surface area contributed by atoms with E-state index in [1.165, 1.54) is 23.8 Å². The first kappa shape index (κ1) is 22.6. The molecule has 0 fully saturated rings. The molecule has 0 unspecified atom stereocenters. The summed E-state index contributed by atoms with van der Waals surface area (Å²) in [5.74, 6) is -0.547. The number of halogens is 2. The number of hydrogen-bond donors (Lipinski definition) is 2. The van der Waals surface area contributed by atoms with Crippen LogP contribution in [0.15, 0.2) is 46.8 Å². The number of aromatic nitrogens is 2. The van der Waals surface area contributed by atoms with E-state index in [2.05, 4.69) is 20.2 Å². The van der Waals surface area contributed by atoms with Crippen molar-refractivity contribution in [3.63, 3.8) is 0 Å². The Hall–Kier alpha value is -2.04. The smallest absolute Gasteiger partial charge is 0.270 e. The molecule has 11 heteroatoms. The summed E-state index contributed by atoms with van der Waals surface area (Å²) in [5, 5.41) is 10.5. The second kappa shape index (κ2) is 9.40. The Morgan fingerprint density at radius 3 is 2.47 bits per heavy atom. The largest absolute Gasteiger partial charge is 0.296 e. The van der Waals surface area contributed by atoms with Crippen LogP contribution in [0.5, 0.6) is 0 Å². The Bertz CT molecular complexity index is 1160. The fraction of sp³-hybridized carbons (Fsp3) is 0.211. The van der Waals surface area contributed by atoms with E-state index in [4.69, 9.17) is 23.2 Å². The van der Waals surface area contributed by atoms with Gasteiger partial charge in [-0.25, -0.2) is 13.1 Å². The predicted molar refractivity (Wildman–Crippen MR) is 119 cm³/mol. The molecule has 1 heterocycles. The van der Waals surface area contributed by atoms with Crippen molar-refractivity contribution in [2.24, 2.45) is 0 Å². The summed E-state index contributed by atoms with van der Waals surface area (Å²) >= 11 is 12.6. The molecule has 1 aromatic heterocycles. The number of rotatable bonds is 7. The van der Waals surface area contributed by atoms with Gasteiger partial charge in [0.1, 0.15) is 0 Å². The molecule has 0 aliphatic carbocycles. The molecule has 0 aliphatic heterocycles. The van der Waals surface area contributed by atoms with Crippen molar-refractivity contribution in [1.29, 1.82) is 0 Å². The van der Waals surface area contributed by atoms with E-state index in [1.54, 1.807) is 6.92 Å². The fourth-order valence-electron chi connectivity index (χ4n) is 2.60. The summed E-state index contributed by atoms with van der Waals surface area (Å²) in [5.41, 5.74) is 2.17. The molecule has 0 bridgehead atoms. The molecule has 7 nitrogen and oxygen atoms in total. The van der Waals surface area contributed by atoms with Gasteiger partial charge in [0.05, 0.1) is 10.6 Å². The highest BCUT2D eigenvalue weighted by Gasteiger charge is 2.24. The minimum absolute atomic E-state index is 0.0337. The SMILES string of the molecule is CCc1ccc([C@@H](C)NS(=O)(=O)c2nnc(NC(=O)c3ccc(Cl)cc3Cl)s2)cc1. The Morgan fingerprint density at radius 2 is 1.83 bits per heavy atom. The van der Waals surface area contributed by atoms with Crippen molar-refractivity contribution < 1.29 is 13.2 Å². The van der Waals surface area contributed by atoms with E-state index in [1.807, 2.05) is 31.2 Å². The second-order valence-corrected chi connectivity index (χ2v) is 10.1. The molecule has 158 valence electrons. The Kier molecular flexibility index (Phi) is 7.10. The summed E-state index contributed by atoms with van der Waals surface area (Å²) in [7, 11) is -3.92. The van der Waals surface area contributed by atoms with Crippen LogP contribution >= 0.6 is 34.5 Å². The second-order valence-electron chi connectivity index (χ2n) is 6.39. The van der Waals surface area contributed by atoms with E-state index >= 15 is 0 Å². The van der Waals surface area contributed by atoms with Crippen molar-refractivity contribution in [2.75, 3.05) is 5.32 Å². The monoisotopic (exact) mass is 484 g/mol. The van der Waals surface area contributed by atoms with Gasteiger partial charge in [-0.15, -0.1) is 10.2 Å². The minimum atomic E-state index is -3.92. The van der Waals surface area contributed by atoms with E-state index < -0.39 is 22.0 Å². The van der Waals surface area contributed by atoms with Crippen LogP contribution in [-0.2, 0) is 16.4 Å². The number of carbonyl (C=O) groups is 1. The van der Waals surface area contributed by atoms with Crippen molar-refractivity contribution in [3.05, 3.63) is 69.2 Å². The normalized spacial score (nSPS) is 12.5. The quantitative estimate of drug-likeness (QED) is 0.473. The lowest BCUT2D eigenvalue weighted by Gasteiger charge is -2.13. The van der Waals surface area contributed by atoms with Gasteiger partial charge in [-0.3, -0.25) is 10.1 Å². The van der Waals surface area contributed by atoms with Crippen LogP contribution in [0.1, 0.15) is 41.4 Å². The number of nitrogens with zero attached hydrogens (tertiary/aromatic N) is 2. The van der Waals surface area contributed by atoms with E-state index in [0.717, 1.165) is 23.3 Å². The summed E-state index contributed by atoms with van der Waals surface area (Å²) in [6.07, 6.45) is 0.904. The summed E-state index contributed by atoms with van der Waals surface area (Å²) in [4.78, 5) is 12.4. The maximum Gasteiger partial charge on any atom is 0.270 e. The van der Waals surface area contributed by atoms with E-state index in [9.17, 15) is 13.2 Å². The summed E-state index contributed by atoms with van der Waals surface area (Å²) in [6.45, 7) is 3.79. The molecule has 2 aromatic carbocycles. The van der Waals surface area contributed by atoms with Gasteiger partial charge in [0, 0.05) is 11.1 Å². The molecule has 1 atom stereocenters. The number of carbonyl (C=O) groups excluding carboxylic acids is 1. The third kappa shape index (κ3) is 5.35. The van der Waals surface area contributed by atoms with Crippen LogP contribution in [-0.4, -0.2) is 24.5 Å². The number of aryl methyl sites for hydroxylation is 1. The number of anilines is 1. The Balaban J connectivity index is 1.71. The van der Waals surface area contributed by atoms with Crippen molar-refractivity contribution in [3.8, 4) is 0 Å². The highest BCUT2D eigenvalue weighted by atomic mass is 35.5.